The van der Waals surface area contributed by atoms with Crippen molar-refractivity contribution >= 4 is 64.4 Å². The standard InChI is InChI=1S/C19H13Cl4N3O3/c1-2-15-17(18(26-28-15)16-13(22)7-4-8-14(16)23)25-19(27)29-24-9-10-11(20)5-3-6-12(10)21/h3-9H,2H2,1H3,(H,25,27). The Hall–Kier alpha value is -2.25. The van der Waals surface area contributed by atoms with Crippen molar-refractivity contribution in [1.29, 1.82) is 0 Å². The normalized spacial score (nSPS) is 11.1. The Morgan fingerprint density at radius 2 is 1.69 bits per heavy atom. The first-order valence-corrected chi connectivity index (χ1v) is 9.81. The number of aryl methyl sites for hydroxylation is 1. The molecule has 0 fully saturated rings. The van der Waals surface area contributed by atoms with Crippen LogP contribution in [-0.4, -0.2) is 17.5 Å². The topological polar surface area (TPSA) is 76.7 Å². The van der Waals surface area contributed by atoms with E-state index in [1.165, 1.54) is 6.21 Å². The van der Waals surface area contributed by atoms with Gasteiger partial charge in [0.2, 0.25) is 0 Å². The van der Waals surface area contributed by atoms with Crippen molar-refractivity contribution in [2.75, 3.05) is 5.32 Å². The number of nitrogens with zero attached hydrogens (tertiary/aromatic N) is 2. The van der Waals surface area contributed by atoms with Gasteiger partial charge in [-0.05, 0) is 24.3 Å². The molecule has 10 heteroatoms. The van der Waals surface area contributed by atoms with E-state index in [9.17, 15) is 4.79 Å². The number of nitrogens with one attached hydrogen (secondary N) is 1. The van der Waals surface area contributed by atoms with Gasteiger partial charge in [0.05, 0.1) is 26.3 Å². The summed E-state index contributed by atoms with van der Waals surface area (Å²) < 4.78 is 5.30. The summed E-state index contributed by atoms with van der Waals surface area (Å²) in [6, 6.07) is 9.98. The van der Waals surface area contributed by atoms with Crippen molar-refractivity contribution in [1.82, 2.24) is 5.16 Å². The SMILES string of the molecule is CCc1onc(-c2c(Cl)cccc2Cl)c1NC(=O)ON=Cc1c(Cl)cccc1Cl. The summed E-state index contributed by atoms with van der Waals surface area (Å²) in [6.45, 7) is 1.84. The molecule has 0 aliphatic rings. The molecule has 3 aromatic rings. The second-order valence-corrected chi connectivity index (χ2v) is 7.28. The molecule has 0 spiro atoms. The van der Waals surface area contributed by atoms with Gasteiger partial charge in [0.15, 0.2) is 5.76 Å². The highest BCUT2D eigenvalue weighted by atomic mass is 35.5. The molecular formula is C19H13Cl4N3O3. The number of rotatable bonds is 5. The first-order chi connectivity index (χ1) is 13.9. The molecule has 6 nitrogen and oxygen atoms in total. The lowest BCUT2D eigenvalue weighted by Gasteiger charge is -2.07. The highest BCUT2D eigenvalue weighted by Gasteiger charge is 2.23. The molecule has 1 aromatic heterocycles. The Morgan fingerprint density at radius 1 is 1.10 bits per heavy atom. The number of carbonyl (C=O) groups excluding carboxylic acids is 1. The van der Waals surface area contributed by atoms with Crippen molar-refractivity contribution in [3.05, 3.63) is 67.8 Å². The number of benzene rings is 2. The average Bonchev–Trinajstić information content (AvgIpc) is 3.06. The molecule has 29 heavy (non-hydrogen) atoms. The molecule has 1 N–H and O–H groups in total. The van der Waals surface area contributed by atoms with Gasteiger partial charge in [-0.1, -0.05) is 75.8 Å². The predicted molar refractivity (Wildman–Crippen MR) is 115 cm³/mol. The summed E-state index contributed by atoms with van der Waals surface area (Å²) in [5.74, 6) is 0.422. The van der Waals surface area contributed by atoms with Crippen LogP contribution in [0.3, 0.4) is 0 Å². The fourth-order valence-electron chi connectivity index (χ4n) is 2.47. The van der Waals surface area contributed by atoms with Crippen LogP contribution in [0.2, 0.25) is 20.1 Å². The van der Waals surface area contributed by atoms with Crippen LogP contribution in [-0.2, 0) is 11.3 Å². The van der Waals surface area contributed by atoms with Gasteiger partial charge in [-0.15, -0.1) is 0 Å². The highest BCUT2D eigenvalue weighted by Crippen LogP contribution is 2.39. The van der Waals surface area contributed by atoms with Gasteiger partial charge in [0.25, 0.3) is 0 Å². The van der Waals surface area contributed by atoms with Crippen LogP contribution >= 0.6 is 46.4 Å². The van der Waals surface area contributed by atoms with E-state index in [4.69, 9.17) is 55.8 Å². The summed E-state index contributed by atoms with van der Waals surface area (Å²) in [5.41, 5.74) is 1.43. The number of oxime groups is 1. The zero-order chi connectivity index (χ0) is 21.0. The molecular weight excluding hydrogens is 460 g/mol. The Labute approximate surface area is 186 Å². The van der Waals surface area contributed by atoms with E-state index in [0.29, 0.717) is 49.1 Å². The lowest BCUT2D eigenvalue weighted by Crippen LogP contribution is -2.12. The van der Waals surface area contributed by atoms with E-state index in [-0.39, 0.29) is 5.69 Å². The Kier molecular flexibility index (Phi) is 7.03. The van der Waals surface area contributed by atoms with E-state index < -0.39 is 6.09 Å². The number of halogens is 4. The molecule has 150 valence electrons. The fourth-order valence-corrected chi connectivity index (χ4v) is 3.55. The average molecular weight is 473 g/mol. The number of carbonyl (C=O) groups is 1. The molecule has 1 heterocycles. The lowest BCUT2D eigenvalue weighted by molar-refractivity contribution is 0.167. The zero-order valence-corrected chi connectivity index (χ0v) is 17.9. The van der Waals surface area contributed by atoms with Crippen LogP contribution in [0.25, 0.3) is 11.3 Å². The fraction of sp³-hybridized carbons (Fsp3) is 0.105. The van der Waals surface area contributed by atoms with Gasteiger partial charge in [0.1, 0.15) is 11.4 Å². The first kappa shape index (κ1) is 21.5. The quantitative estimate of drug-likeness (QED) is 0.244. The van der Waals surface area contributed by atoms with Crippen LogP contribution in [0.5, 0.6) is 0 Å². The third-order valence-corrected chi connectivity index (χ3v) is 5.12. The lowest BCUT2D eigenvalue weighted by atomic mass is 10.1. The second kappa shape index (κ2) is 9.50. The first-order valence-electron chi connectivity index (χ1n) is 8.30. The molecule has 0 atom stereocenters. The van der Waals surface area contributed by atoms with Gasteiger partial charge < -0.3 is 4.52 Å². The van der Waals surface area contributed by atoms with E-state index in [2.05, 4.69) is 15.6 Å². The molecule has 0 unspecified atom stereocenters. The number of anilines is 1. The molecule has 0 saturated carbocycles. The number of hydrogen-bond donors (Lipinski definition) is 1. The number of hydrogen-bond acceptors (Lipinski definition) is 5. The minimum Gasteiger partial charge on any atom is -0.359 e. The largest absolute Gasteiger partial charge is 0.438 e. The van der Waals surface area contributed by atoms with Crippen molar-refractivity contribution in [2.45, 2.75) is 13.3 Å². The molecule has 2 aromatic carbocycles. The van der Waals surface area contributed by atoms with E-state index in [0.717, 1.165) is 0 Å². The predicted octanol–water partition coefficient (Wildman–Crippen LogP) is 7.10. The Balaban J connectivity index is 1.82. The maximum absolute atomic E-state index is 12.2. The van der Waals surface area contributed by atoms with Crippen LogP contribution < -0.4 is 5.32 Å². The van der Waals surface area contributed by atoms with Crippen molar-refractivity contribution in [2.24, 2.45) is 5.16 Å². The van der Waals surface area contributed by atoms with Crippen LogP contribution in [0.15, 0.2) is 46.1 Å². The smallest absolute Gasteiger partial charge is 0.359 e. The van der Waals surface area contributed by atoms with Gasteiger partial charge in [0, 0.05) is 17.5 Å². The Morgan fingerprint density at radius 3 is 2.28 bits per heavy atom. The van der Waals surface area contributed by atoms with Gasteiger partial charge in [-0.2, -0.15) is 0 Å². The summed E-state index contributed by atoms with van der Waals surface area (Å²) in [4.78, 5) is 17.1. The second-order valence-electron chi connectivity index (χ2n) is 5.65. The zero-order valence-electron chi connectivity index (χ0n) is 14.9. The Bertz CT molecular complexity index is 1040. The molecule has 3 rings (SSSR count). The summed E-state index contributed by atoms with van der Waals surface area (Å²) in [5, 5.41) is 11.6. The molecule has 0 aliphatic carbocycles. The maximum Gasteiger partial charge on any atom is 0.438 e. The highest BCUT2D eigenvalue weighted by molar-refractivity contribution is 6.39. The summed E-state index contributed by atoms with van der Waals surface area (Å²) in [6.07, 6.45) is 0.833. The molecule has 0 radical (unpaired) electrons. The van der Waals surface area contributed by atoms with Crippen molar-refractivity contribution < 1.29 is 14.2 Å². The van der Waals surface area contributed by atoms with Crippen LogP contribution in [0.4, 0.5) is 10.5 Å². The number of aromatic nitrogens is 1. The van der Waals surface area contributed by atoms with E-state index >= 15 is 0 Å². The maximum atomic E-state index is 12.2. The van der Waals surface area contributed by atoms with Crippen LogP contribution in [0.1, 0.15) is 18.2 Å². The third kappa shape index (κ3) is 4.85. The third-order valence-electron chi connectivity index (χ3n) is 3.83. The van der Waals surface area contributed by atoms with Gasteiger partial charge in [-0.25, -0.2) is 4.79 Å². The van der Waals surface area contributed by atoms with Gasteiger partial charge in [-0.3, -0.25) is 10.2 Å². The minimum atomic E-state index is -0.869. The monoisotopic (exact) mass is 471 g/mol. The molecule has 0 saturated heterocycles. The van der Waals surface area contributed by atoms with E-state index in [1.807, 2.05) is 6.92 Å². The van der Waals surface area contributed by atoms with Gasteiger partial charge >= 0.3 is 6.09 Å². The minimum absolute atomic E-state index is 0.285. The van der Waals surface area contributed by atoms with Crippen molar-refractivity contribution in [3.63, 3.8) is 0 Å². The van der Waals surface area contributed by atoms with Crippen molar-refractivity contribution in [3.8, 4) is 11.3 Å². The summed E-state index contributed by atoms with van der Waals surface area (Å²) in [7, 11) is 0. The number of amides is 1. The van der Waals surface area contributed by atoms with Crippen LogP contribution in [0, 0.1) is 0 Å². The van der Waals surface area contributed by atoms with E-state index in [1.54, 1.807) is 36.4 Å². The summed E-state index contributed by atoms with van der Waals surface area (Å²) >= 11 is 24.6. The molecule has 0 aliphatic heterocycles. The molecule has 1 amide bonds. The molecule has 0 bridgehead atoms.